The van der Waals surface area contributed by atoms with Gasteiger partial charge in [-0.05, 0) is 42.4 Å². The van der Waals surface area contributed by atoms with Gasteiger partial charge in [0.2, 0.25) is 5.91 Å². The van der Waals surface area contributed by atoms with Gasteiger partial charge in [0.15, 0.2) is 0 Å². The normalized spacial score (nSPS) is 22.4. The summed E-state index contributed by atoms with van der Waals surface area (Å²) in [6.45, 7) is 2.95. The highest BCUT2D eigenvalue weighted by Crippen LogP contribution is 2.26. The van der Waals surface area contributed by atoms with Crippen LogP contribution in [0.3, 0.4) is 0 Å². The number of benzene rings is 1. The molecule has 1 aromatic carbocycles. The molecule has 0 saturated carbocycles. The molecule has 0 aromatic heterocycles. The van der Waals surface area contributed by atoms with Crippen molar-refractivity contribution in [3.8, 4) is 0 Å². The van der Waals surface area contributed by atoms with Crippen molar-refractivity contribution in [3.63, 3.8) is 0 Å². The van der Waals surface area contributed by atoms with Crippen LogP contribution >= 0.6 is 11.8 Å². The SMILES string of the molecule is CSc1ccc2c(c1)CCN(C(=O)[C@@H]1CCOC1)C2. The Kier molecular flexibility index (Phi) is 3.80. The molecule has 1 atom stereocenters. The van der Waals surface area contributed by atoms with E-state index in [1.54, 1.807) is 11.8 Å². The van der Waals surface area contributed by atoms with Crippen LogP contribution in [0.5, 0.6) is 0 Å². The van der Waals surface area contributed by atoms with Crippen molar-refractivity contribution in [2.24, 2.45) is 5.92 Å². The molecule has 1 amide bonds. The Balaban J connectivity index is 1.73. The first-order chi connectivity index (χ1) is 9.28. The third kappa shape index (κ3) is 2.65. The number of thioether (sulfide) groups is 1. The Hall–Kier alpha value is -1.00. The summed E-state index contributed by atoms with van der Waals surface area (Å²) < 4.78 is 5.32. The van der Waals surface area contributed by atoms with Crippen LogP contribution in [-0.4, -0.2) is 36.8 Å². The molecule has 1 aromatic rings. The Bertz CT molecular complexity index is 483. The number of ether oxygens (including phenoxy) is 1. The highest BCUT2D eigenvalue weighted by Gasteiger charge is 2.29. The monoisotopic (exact) mass is 277 g/mol. The van der Waals surface area contributed by atoms with Crippen LogP contribution < -0.4 is 0 Å². The fourth-order valence-corrected chi connectivity index (χ4v) is 3.30. The van der Waals surface area contributed by atoms with Crippen LogP contribution in [0.15, 0.2) is 23.1 Å². The predicted molar refractivity (Wildman–Crippen MR) is 76.3 cm³/mol. The molecular weight excluding hydrogens is 258 g/mol. The summed E-state index contributed by atoms with van der Waals surface area (Å²) in [7, 11) is 0. The van der Waals surface area contributed by atoms with Crippen molar-refractivity contribution < 1.29 is 9.53 Å². The second-order valence-corrected chi connectivity index (χ2v) is 6.08. The molecular formula is C15H19NO2S. The van der Waals surface area contributed by atoms with Crippen LogP contribution in [0, 0.1) is 5.92 Å². The molecule has 1 saturated heterocycles. The van der Waals surface area contributed by atoms with Crippen LogP contribution in [-0.2, 0) is 22.5 Å². The second-order valence-electron chi connectivity index (χ2n) is 5.20. The lowest BCUT2D eigenvalue weighted by molar-refractivity contribution is -0.136. The van der Waals surface area contributed by atoms with E-state index in [1.807, 2.05) is 4.90 Å². The molecule has 4 heteroatoms. The predicted octanol–water partition coefficient (Wildman–Crippen LogP) is 2.33. The van der Waals surface area contributed by atoms with E-state index in [0.29, 0.717) is 6.61 Å². The van der Waals surface area contributed by atoms with Crippen LogP contribution in [0.4, 0.5) is 0 Å². The van der Waals surface area contributed by atoms with Gasteiger partial charge in [-0.2, -0.15) is 0 Å². The molecule has 3 rings (SSSR count). The lowest BCUT2D eigenvalue weighted by Gasteiger charge is -2.30. The summed E-state index contributed by atoms with van der Waals surface area (Å²) in [4.78, 5) is 15.7. The zero-order valence-corrected chi connectivity index (χ0v) is 12.0. The quantitative estimate of drug-likeness (QED) is 0.777. The topological polar surface area (TPSA) is 29.5 Å². The average molecular weight is 277 g/mol. The summed E-state index contributed by atoms with van der Waals surface area (Å²) in [6, 6.07) is 6.59. The molecule has 1 fully saturated rings. The smallest absolute Gasteiger partial charge is 0.228 e. The van der Waals surface area contributed by atoms with Crippen molar-refractivity contribution in [3.05, 3.63) is 29.3 Å². The van der Waals surface area contributed by atoms with Gasteiger partial charge in [0.25, 0.3) is 0 Å². The molecule has 2 heterocycles. The summed E-state index contributed by atoms with van der Waals surface area (Å²) in [5.41, 5.74) is 2.70. The summed E-state index contributed by atoms with van der Waals surface area (Å²) in [6.07, 6.45) is 3.96. The summed E-state index contributed by atoms with van der Waals surface area (Å²) in [5.74, 6) is 0.365. The zero-order valence-electron chi connectivity index (χ0n) is 11.2. The number of fused-ring (bicyclic) bond motifs is 1. The first-order valence-electron chi connectivity index (χ1n) is 6.80. The molecule has 19 heavy (non-hydrogen) atoms. The van der Waals surface area contributed by atoms with Gasteiger partial charge in [0, 0.05) is 24.6 Å². The minimum atomic E-state index is 0.0898. The number of nitrogens with zero attached hydrogens (tertiary/aromatic N) is 1. The van der Waals surface area contributed by atoms with E-state index >= 15 is 0 Å². The standard InChI is InChI=1S/C15H19NO2S/c1-19-14-3-2-12-9-16(6-4-11(12)8-14)15(17)13-5-7-18-10-13/h2-3,8,13H,4-7,9-10H2,1H3/t13-/m1/s1. The summed E-state index contributed by atoms with van der Waals surface area (Å²) >= 11 is 1.77. The number of rotatable bonds is 2. The zero-order chi connectivity index (χ0) is 13.2. The van der Waals surface area contributed by atoms with E-state index < -0.39 is 0 Å². The molecule has 0 radical (unpaired) electrons. The van der Waals surface area contributed by atoms with Crippen LogP contribution in [0.1, 0.15) is 17.5 Å². The van der Waals surface area contributed by atoms with E-state index in [0.717, 1.165) is 32.5 Å². The van der Waals surface area contributed by atoms with Gasteiger partial charge < -0.3 is 9.64 Å². The Morgan fingerprint density at radius 3 is 3.05 bits per heavy atom. The largest absolute Gasteiger partial charge is 0.381 e. The van der Waals surface area contributed by atoms with Crippen LogP contribution in [0.2, 0.25) is 0 Å². The molecule has 0 aliphatic carbocycles. The van der Waals surface area contributed by atoms with Gasteiger partial charge >= 0.3 is 0 Å². The van der Waals surface area contributed by atoms with E-state index in [4.69, 9.17) is 4.74 Å². The van der Waals surface area contributed by atoms with Crippen molar-refractivity contribution in [2.45, 2.75) is 24.3 Å². The first kappa shape index (κ1) is 13.0. The van der Waals surface area contributed by atoms with Gasteiger partial charge in [0.05, 0.1) is 12.5 Å². The Morgan fingerprint density at radius 1 is 1.42 bits per heavy atom. The highest BCUT2D eigenvalue weighted by atomic mass is 32.2. The van der Waals surface area contributed by atoms with Gasteiger partial charge in [-0.25, -0.2) is 0 Å². The third-order valence-corrected chi connectivity index (χ3v) is 4.74. The number of hydrogen-bond donors (Lipinski definition) is 0. The van der Waals surface area contributed by atoms with Gasteiger partial charge in [-0.3, -0.25) is 4.79 Å². The third-order valence-electron chi connectivity index (χ3n) is 4.02. The number of amides is 1. The Labute approximate surface area is 118 Å². The fraction of sp³-hybridized carbons (Fsp3) is 0.533. The number of carbonyl (C=O) groups excluding carboxylic acids is 1. The summed E-state index contributed by atoms with van der Waals surface area (Å²) in [5, 5.41) is 0. The van der Waals surface area contributed by atoms with Gasteiger partial charge in [-0.1, -0.05) is 6.07 Å². The minimum Gasteiger partial charge on any atom is -0.381 e. The second kappa shape index (κ2) is 5.55. The fourth-order valence-electron chi connectivity index (χ4n) is 2.83. The van der Waals surface area contributed by atoms with Crippen molar-refractivity contribution >= 4 is 17.7 Å². The highest BCUT2D eigenvalue weighted by molar-refractivity contribution is 7.98. The van der Waals surface area contributed by atoms with Gasteiger partial charge in [0.1, 0.15) is 0 Å². The maximum absolute atomic E-state index is 12.4. The first-order valence-corrected chi connectivity index (χ1v) is 8.02. The van der Waals surface area contributed by atoms with Crippen molar-refractivity contribution in [1.82, 2.24) is 4.90 Å². The molecule has 102 valence electrons. The molecule has 2 aliphatic heterocycles. The van der Waals surface area contributed by atoms with Crippen molar-refractivity contribution in [1.29, 1.82) is 0 Å². The average Bonchev–Trinajstić information content (AvgIpc) is 2.99. The minimum absolute atomic E-state index is 0.0898. The molecule has 0 spiro atoms. The molecule has 2 aliphatic rings. The lowest BCUT2D eigenvalue weighted by Crippen LogP contribution is -2.40. The molecule has 0 unspecified atom stereocenters. The Morgan fingerprint density at radius 2 is 2.32 bits per heavy atom. The van der Waals surface area contributed by atoms with E-state index in [1.165, 1.54) is 16.0 Å². The molecule has 3 nitrogen and oxygen atoms in total. The maximum Gasteiger partial charge on any atom is 0.228 e. The molecule has 0 bridgehead atoms. The van der Waals surface area contributed by atoms with Gasteiger partial charge in [-0.15, -0.1) is 11.8 Å². The van der Waals surface area contributed by atoms with Crippen LogP contribution in [0.25, 0.3) is 0 Å². The lowest BCUT2D eigenvalue weighted by atomic mass is 9.98. The van der Waals surface area contributed by atoms with E-state index in [-0.39, 0.29) is 11.8 Å². The number of hydrogen-bond acceptors (Lipinski definition) is 3. The van der Waals surface area contributed by atoms with Crippen molar-refractivity contribution in [2.75, 3.05) is 26.0 Å². The van der Waals surface area contributed by atoms with E-state index in [9.17, 15) is 4.79 Å². The number of carbonyl (C=O) groups is 1. The molecule has 0 N–H and O–H groups in total. The maximum atomic E-state index is 12.4. The van der Waals surface area contributed by atoms with E-state index in [2.05, 4.69) is 24.5 Å².